The number of para-hydroxylation sites is 1. The molecule has 1 fully saturated rings. The third-order valence-electron chi connectivity index (χ3n) is 4.30. The Morgan fingerprint density at radius 3 is 3.00 bits per heavy atom. The molecular formula is C18H24N2O2. The molecule has 1 aliphatic carbocycles. The van der Waals surface area contributed by atoms with Gasteiger partial charge in [-0.05, 0) is 37.3 Å². The summed E-state index contributed by atoms with van der Waals surface area (Å²) in [6.07, 6.45) is 7.09. The average Bonchev–Trinajstić information content (AvgIpc) is 2.98. The molecular weight excluding hydrogens is 276 g/mol. The van der Waals surface area contributed by atoms with E-state index in [9.17, 15) is 4.79 Å². The minimum absolute atomic E-state index is 0.0321. The molecule has 1 amide bonds. The maximum Gasteiger partial charge on any atom is 0.258 e. The molecule has 0 saturated heterocycles. The molecule has 1 aliphatic rings. The molecule has 118 valence electrons. The number of carbonyl (C=O) groups is 1. The first-order valence-electron chi connectivity index (χ1n) is 8.16. The number of carbonyl (C=O) groups excluding carboxylic acids is 1. The van der Waals surface area contributed by atoms with Crippen LogP contribution in [0.2, 0.25) is 0 Å². The van der Waals surface area contributed by atoms with Crippen LogP contribution in [0.1, 0.15) is 51.0 Å². The van der Waals surface area contributed by atoms with Crippen molar-refractivity contribution in [3.8, 4) is 11.8 Å². The van der Waals surface area contributed by atoms with E-state index in [1.165, 1.54) is 32.1 Å². The summed E-state index contributed by atoms with van der Waals surface area (Å²) in [5.74, 6) is 0.977. The largest absolute Gasteiger partial charge is 0.482 e. The number of unbranched alkanes of at least 4 members (excludes halogenated alkanes) is 1. The van der Waals surface area contributed by atoms with Gasteiger partial charge < -0.3 is 10.1 Å². The molecule has 0 heterocycles. The molecule has 1 aromatic rings. The number of rotatable bonds is 7. The minimum Gasteiger partial charge on any atom is -0.482 e. The van der Waals surface area contributed by atoms with Crippen LogP contribution in [-0.2, 0) is 4.79 Å². The Hall–Kier alpha value is -2.02. The van der Waals surface area contributed by atoms with Crippen LogP contribution < -0.4 is 10.1 Å². The average molecular weight is 300 g/mol. The van der Waals surface area contributed by atoms with Crippen molar-refractivity contribution in [2.75, 3.05) is 6.61 Å². The lowest BCUT2D eigenvalue weighted by Gasteiger charge is -2.21. The van der Waals surface area contributed by atoms with E-state index >= 15 is 0 Å². The molecule has 2 rings (SSSR count). The van der Waals surface area contributed by atoms with Crippen molar-refractivity contribution < 1.29 is 9.53 Å². The van der Waals surface area contributed by atoms with Crippen molar-refractivity contribution in [1.29, 1.82) is 5.26 Å². The van der Waals surface area contributed by atoms with Gasteiger partial charge in [-0.2, -0.15) is 5.26 Å². The summed E-state index contributed by atoms with van der Waals surface area (Å²) >= 11 is 0. The molecule has 4 heteroatoms. The number of hydrogen-bond acceptors (Lipinski definition) is 3. The quantitative estimate of drug-likeness (QED) is 0.839. The standard InChI is InChI=1S/C18H24N2O2/c1-2-3-7-14-9-6-10-16(14)20-18(21)13-22-17-11-5-4-8-15(17)12-19/h4-5,8,11,14,16H,2-3,6-7,9-10,13H2,1H3,(H,20,21). The zero-order valence-electron chi connectivity index (χ0n) is 13.2. The molecule has 1 saturated carbocycles. The molecule has 0 radical (unpaired) electrons. The summed E-state index contributed by atoms with van der Waals surface area (Å²) < 4.78 is 5.48. The van der Waals surface area contributed by atoms with Crippen molar-refractivity contribution in [2.45, 2.75) is 51.5 Å². The topological polar surface area (TPSA) is 62.1 Å². The van der Waals surface area contributed by atoms with E-state index in [2.05, 4.69) is 18.3 Å². The first-order chi connectivity index (χ1) is 10.7. The number of nitrogens with one attached hydrogen (secondary N) is 1. The van der Waals surface area contributed by atoms with E-state index in [-0.39, 0.29) is 18.6 Å². The van der Waals surface area contributed by atoms with Crippen LogP contribution in [0, 0.1) is 17.2 Å². The Kier molecular flexibility index (Phi) is 6.27. The lowest BCUT2D eigenvalue weighted by Crippen LogP contribution is -2.40. The highest BCUT2D eigenvalue weighted by molar-refractivity contribution is 5.78. The van der Waals surface area contributed by atoms with E-state index in [4.69, 9.17) is 10.00 Å². The fraction of sp³-hybridized carbons (Fsp3) is 0.556. The Morgan fingerprint density at radius 2 is 2.23 bits per heavy atom. The predicted octanol–water partition coefficient (Wildman–Crippen LogP) is 3.41. The summed E-state index contributed by atoms with van der Waals surface area (Å²) in [4.78, 5) is 12.1. The van der Waals surface area contributed by atoms with Crippen molar-refractivity contribution >= 4 is 5.91 Å². The van der Waals surface area contributed by atoms with E-state index in [0.29, 0.717) is 17.2 Å². The van der Waals surface area contributed by atoms with Gasteiger partial charge in [-0.1, -0.05) is 38.3 Å². The molecule has 2 unspecified atom stereocenters. The SMILES string of the molecule is CCCCC1CCCC1NC(=O)COc1ccccc1C#N. The number of hydrogen-bond donors (Lipinski definition) is 1. The molecule has 0 spiro atoms. The molecule has 0 aliphatic heterocycles. The first-order valence-corrected chi connectivity index (χ1v) is 8.16. The van der Waals surface area contributed by atoms with Crippen molar-refractivity contribution in [1.82, 2.24) is 5.32 Å². The summed E-state index contributed by atoms with van der Waals surface area (Å²) in [7, 11) is 0. The third-order valence-corrected chi connectivity index (χ3v) is 4.30. The summed E-state index contributed by atoms with van der Waals surface area (Å²) in [5, 5.41) is 12.1. The summed E-state index contributed by atoms with van der Waals surface area (Å²) in [5.41, 5.74) is 0.456. The maximum absolute atomic E-state index is 12.1. The van der Waals surface area contributed by atoms with E-state index < -0.39 is 0 Å². The zero-order valence-corrected chi connectivity index (χ0v) is 13.2. The number of amides is 1. The highest BCUT2D eigenvalue weighted by atomic mass is 16.5. The van der Waals surface area contributed by atoms with Crippen molar-refractivity contribution in [3.05, 3.63) is 29.8 Å². The second kappa shape index (κ2) is 8.43. The smallest absolute Gasteiger partial charge is 0.258 e. The van der Waals surface area contributed by atoms with E-state index in [1.54, 1.807) is 24.3 Å². The second-order valence-corrected chi connectivity index (χ2v) is 5.90. The van der Waals surface area contributed by atoms with Crippen LogP contribution in [-0.4, -0.2) is 18.6 Å². The van der Waals surface area contributed by atoms with Gasteiger partial charge in [-0.25, -0.2) is 0 Å². The van der Waals surface area contributed by atoms with Gasteiger partial charge in [0, 0.05) is 6.04 Å². The second-order valence-electron chi connectivity index (χ2n) is 5.90. The minimum atomic E-state index is -0.0962. The van der Waals surface area contributed by atoms with Gasteiger partial charge in [0.05, 0.1) is 5.56 Å². The van der Waals surface area contributed by atoms with Crippen LogP contribution >= 0.6 is 0 Å². The van der Waals surface area contributed by atoms with E-state index in [1.807, 2.05) is 0 Å². The van der Waals surface area contributed by atoms with Gasteiger partial charge in [0.15, 0.2) is 6.61 Å². The van der Waals surface area contributed by atoms with Gasteiger partial charge in [-0.3, -0.25) is 4.79 Å². The lowest BCUT2D eigenvalue weighted by molar-refractivity contribution is -0.124. The van der Waals surface area contributed by atoms with Gasteiger partial charge in [0.2, 0.25) is 0 Å². The van der Waals surface area contributed by atoms with Gasteiger partial charge in [0.1, 0.15) is 11.8 Å². The molecule has 0 aromatic heterocycles. The van der Waals surface area contributed by atoms with Crippen LogP contribution in [0.4, 0.5) is 0 Å². The number of benzene rings is 1. The fourth-order valence-corrected chi connectivity index (χ4v) is 3.12. The van der Waals surface area contributed by atoms with Gasteiger partial charge >= 0.3 is 0 Å². The Morgan fingerprint density at radius 1 is 1.41 bits per heavy atom. The zero-order chi connectivity index (χ0) is 15.8. The van der Waals surface area contributed by atoms with Gasteiger partial charge in [0.25, 0.3) is 5.91 Å². The normalized spacial score (nSPS) is 20.4. The Labute approximate surface area is 132 Å². The molecule has 1 aromatic carbocycles. The first kappa shape index (κ1) is 16.4. The van der Waals surface area contributed by atoms with Crippen LogP contribution in [0.25, 0.3) is 0 Å². The molecule has 22 heavy (non-hydrogen) atoms. The van der Waals surface area contributed by atoms with Gasteiger partial charge in [-0.15, -0.1) is 0 Å². The van der Waals surface area contributed by atoms with Crippen molar-refractivity contribution in [2.24, 2.45) is 5.92 Å². The Balaban J connectivity index is 1.81. The Bertz CT molecular complexity index is 536. The maximum atomic E-state index is 12.1. The van der Waals surface area contributed by atoms with E-state index in [0.717, 1.165) is 6.42 Å². The number of nitriles is 1. The van der Waals surface area contributed by atoms with Crippen LogP contribution in [0.5, 0.6) is 5.75 Å². The molecule has 4 nitrogen and oxygen atoms in total. The summed E-state index contributed by atoms with van der Waals surface area (Å²) in [6, 6.07) is 9.33. The number of ether oxygens (including phenoxy) is 1. The predicted molar refractivity (Wildman–Crippen MR) is 85.4 cm³/mol. The highest BCUT2D eigenvalue weighted by Gasteiger charge is 2.27. The van der Waals surface area contributed by atoms with Crippen LogP contribution in [0.3, 0.4) is 0 Å². The van der Waals surface area contributed by atoms with Crippen molar-refractivity contribution in [3.63, 3.8) is 0 Å². The fourth-order valence-electron chi connectivity index (χ4n) is 3.12. The monoisotopic (exact) mass is 300 g/mol. The molecule has 0 bridgehead atoms. The number of nitrogens with zero attached hydrogens (tertiary/aromatic N) is 1. The molecule has 1 N–H and O–H groups in total. The lowest BCUT2D eigenvalue weighted by atomic mass is 9.97. The molecule has 2 atom stereocenters. The third kappa shape index (κ3) is 4.49. The van der Waals surface area contributed by atoms with Crippen LogP contribution in [0.15, 0.2) is 24.3 Å². The highest BCUT2D eigenvalue weighted by Crippen LogP contribution is 2.29. The summed E-state index contributed by atoms with van der Waals surface area (Å²) in [6.45, 7) is 2.17.